The van der Waals surface area contributed by atoms with E-state index >= 15 is 0 Å². The van der Waals surface area contributed by atoms with E-state index in [0.717, 1.165) is 25.9 Å². The largest absolute Gasteiger partial charge is 0.347 e. The predicted octanol–water partition coefficient (Wildman–Crippen LogP) is 1.46. The highest BCUT2D eigenvalue weighted by Gasteiger charge is 2.19. The first-order chi connectivity index (χ1) is 10.1. The van der Waals surface area contributed by atoms with Crippen molar-refractivity contribution in [3.05, 3.63) is 39.7 Å². The van der Waals surface area contributed by atoms with Crippen molar-refractivity contribution >= 4 is 11.6 Å². The van der Waals surface area contributed by atoms with E-state index in [4.69, 9.17) is 0 Å². The number of rotatable bonds is 6. The summed E-state index contributed by atoms with van der Waals surface area (Å²) in [4.78, 5) is 22.6. The second-order valence-corrected chi connectivity index (χ2v) is 5.03. The zero-order valence-electron chi connectivity index (χ0n) is 12.1. The van der Waals surface area contributed by atoms with Crippen LogP contribution in [-0.4, -0.2) is 35.0 Å². The number of amides is 1. The molecule has 7 heteroatoms. The van der Waals surface area contributed by atoms with Gasteiger partial charge < -0.3 is 15.2 Å². The molecular weight excluding hydrogens is 272 g/mol. The van der Waals surface area contributed by atoms with Gasteiger partial charge in [-0.05, 0) is 19.4 Å². The molecule has 0 aromatic carbocycles. The molecule has 0 saturated heterocycles. The Labute approximate surface area is 123 Å². The quantitative estimate of drug-likeness (QED) is 0.472. The molecule has 0 fully saturated rings. The van der Waals surface area contributed by atoms with Gasteiger partial charge in [0.1, 0.15) is 5.69 Å². The molecule has 2 rings (SSSR count). The van der Waals surface area contributed by atoms with Crippen molar-refractivity contribution in [2.24, 2.45) is 0 Å². The molecule has 0 bridgehead atoms. The van der Waals surface area contributed by atoms with Crippen LogP contribution in [0, 0.1) is 10.1 Å². The zero-order valence-corrected chi connectivity index (χ0v) is 12.1. The van der Waals surface area contributed by atoms with E-state index < -0.39 is 4.92 Å². The Kier molecular flexibility index (Phi) is 5.10. The van der Waals surface area contributed by atoms with Crippen LogP contribution in [0.2, 0.25) is 0 Å². The summed E-state index contributed by atoms with van der Waals surface area (Å²) in [5.74, 6) is -0.268. The summed E-state index contributed by atoms with van der Waals surface area (Å²) in [6, 6.07) is 1.34. The molecule has 1 amide bonds. The van der Waals surface area contributed by atoms with Crippen molar-refractivity contribution < 1.29 is 9.72 Å². The summed E-state index contributed by atoms with van der Waals surface area (Å²) in [7, 11) is 0. The second-order valence-electron chi connectivity index (χ2n) is 5.03. The van der Waals surface area contributed by atoms with Crippen molar-refractivity contribution in [2.75, 3.05) is 19.6 Å². The molecule has 1 aromatic rings. The predicted molar refractivity (Wildman–Crippen MR) is 79.3 cm³/mol. The second kappa shape index (κ2) is 7.03. The first-order valence-corrected chi connectivity index (χ1v) is 7.13. The van der Waals surface area contributed by atoms with Crippen LogP contribution in [-0.2, 0) is 6.54 Å². The number of nitrogens with one attached hydrogen (secondary N) is 2. The number of hydrogen-bond acceptors (Lipinski definition) is 4. The third-order valence-corrected chi connectivity index (χ3v) is 3.42. The molecule has 7 nitrogen and oxygen atoms in total. The highest BCUT2D eigenvalue weighted by molar-refractivity contribution is 5.93. The van der Waals surface area contributed by atoms with E-state index in [1.807, 2.05) is 6.92 Å². The topological polar surface area (TPSA) is 89.2 Å². The molecule has 0 radical (unpaired) electrons. The van der Waals surface area contributed by atoms with Crippen LogP contribution < -0.4 is 10.6 Å². The van der Waals surface area contributed by atoms with Crippen molar-refractivity contribution in [3.8, 4) is 0 Å². The minimum absolute atomic E-state index is 0.0466. The van der Waals surface area contributed by atoms with E-state index in [1.165, 1.54) is 17.8 Å². The summed E-state index contributed by atoms with van der Waals surface area (Å²) in [6.07, 6.45) is 5.21. The van der Waals surface area contributed by atoms with Gasteiger partial charge in [-0.1, -0.05) is 18.6 Å². The Hall–Kier alpha value is -2.15. The normalized spacial score (nSPS) is 14.6. The number of aryl methyl sites for hydroxylation is 1. The Morgan fingerprint density at radius 3 is 3.00 bits per heavy atom. The molecule has 114 valence electrons. The third kappa shape index (κ3) is 3.91. The van der Waals surface area contributed by atoms with Gasteiger partial charge in [0.2, 0.25) is 0 Å². The Morgan fingerprint density at radius 1 is 1.57 bits per heavy atom. The zero-order chi connectivity index (χ0) is 15.2. The minimum Gasteiger partial charge on any atom is -0.347 e. The fourth-order valence-electron chi connectivity index (χ4n) is 2.33. The van der Waals surface area contributed by atoms with Gasteiger partial charge in [0, 0.05) is 25.7 Å². The number of nitrogens with zero attached hydrogens (tertiary/aromatic N) is 2. The van der Waals surface area contributed by atoms with E-state index in [1.54, 1.807) is 4.57 Å². The van der Waals surface area contributed by atoms with Crippen LogP contribution in [0.25, 0.3) is 0 Å². The number of aromatic nitrogens is 1. The molecule has 1 aromatic heterocycles. The molecule has 21 heavy (non-hydrogen) atoms. The maximum atomic E-state index is 12.2. The van der Waals surface area contributed by atoms with Gasteiger partial charge in [0.15, 0.2) is 0 Å². The van der Waals surface area contributed by atoms with Crippen molar-refractivity contribution in [1.29, 1.82) is 0 Å². The molecule has 2 heterocycles. The molecule has 0 aliphatic carbocycles. The van der Waals surface area contributed by atoms with Crippen molar-refractivity contribution in [3.63, 3.8) is 0 Å². The van der Waals surface area contributed by atoms with Gasteiger partial charge in [-0.2, -0.15) is 0 Å². The first kappa shape index (κ1) is 15.2. The smallest absolute Gasteiger partial charge is 0.287 e. The van der Waals surface area contributed by atoms with Gasteiger partial charge in [0.05, 0.1) is 11.1 Å². The molecular formula is C14H20N4O3. The summed E-state index contributed by atoms with van der Waals surface area (Å²) in [5, 5.41) is 16.9. The van der Waals surface area contributed by atoms with E-state index in [9.17, 15) is 14.9 Å². The van der Waals surface area contributed by atoms with Crippen molar-refractivity contribution in [2.45, 2.75) is 26.3 Å². The van der Waals surface area contributed by atoms with Crippen LogP contribution in [0.15, 0.2) is 23.9 Å². The Balaban J connectivity index is 2.06. The van der Waals surface area contributed by atoms with Gasteiger partial charge in [-0.15, -0.1) is 0 Å². The first-order valence-electron chi connectivity index (χ1n) is 7.13. The molecule has 0 saturated carbocycles. The Morgan fingerprint density at radius 2 is 2.38 bits per heavy atom. The third-order valence-electron chi connectivity index (χ3n) is 3.42. The Bertz CT molecular complexity index is 563. The van der Waals surface area contributed by atoms with E-state index in [2.05, 4.69) is 16.7 Å². The highest BCUT2D eigenvalue weighted by atomic mass is 16.6. The van der Waals surface area contributed by atoms with Crippen LogP contribution >= 0.6 is 0 Å². The van der Waals surface area contributed by atoms with Crippen LogP contribution in [0.5, 0.6) is 0 Å². The molecule has 2 N–H and O–H groups in total. The lowest BCUT2D eigenvalue weighted by atomic mass is 10.1. The molecule has 0 spiro atoms. The minimum atomic E-state index is -0.474. The molecule has 0 unspecified atom stereocenters. The number of nitro groups is 1. The lowest BCUT2D eigenvalue weighted by molar-refractivity contribution is -0.384. The number of carbonyl (C=O) groups excluding carboxylic acids is 1. The standard InChI is InChI=1S/C14H20N4O3/c1-2-7-17-10-12(18(20)21)8-13(17)14(19)16-9-11-3-5-15-6-4-11/h3,8,10,15H,2,4-7,9H2,1H3,(H,16,19). The van der Waals surface area contributed by atoms with Gasteiger partial charge in [0.25, 0.3) is 11.6 Å². The summed E-state index contributed by atoms with van der Waals surface area (Å²) in [5.41, 5.74) is 1.48. The van der Waals surface area contributed by atoms with Crippen molar-refractivity contribution in [1.82, 2.24) is 15.2 Å². The molecule has 1 aliphatic heterocycles. The summed E-state index contributed by atoms with van der Waals surface area (Å²) < 4.78 is 1.64. The average molecular weight is 292 g/mol. The number of hydrogen-bond donors (Lipinski definition) is 2. The van der Waals surface area contributed by atoms with E-state index in [0.29, 0.717) is 18.8 Å². The average Bonchev–Trinajstić information content (AvgIpc) is 2.91. The fourth-order valence-corrected chi connectivity index (χ4v) is 2.33. The number of carbonyl (C=O) groups is 1. The van der Waals surface area contributed by atoms with Gasteiger partial charge in [-0.3, -0.25) is 14.9 Å². The molecule has 1 aliphatic rings. The lowest BCUT2D eigenvalue weighted by Crippen LogP contribution is -2.30. The van der Waals surface area contributed by atoms with E-state index in [-0.39, 0.29) is 11.6 Å². The van der Waals surface area contributed by atoms with Gasteiger partial charge >= 0.3 is 0 Å². The van der Waals surface area contributed by atoms with Gasteiger partial charge in [-0.25, -0.2) is 0 Å². The fraction of sp³-hybridized carbons (Fsp3) is 0.500. The van der Waals surface area contributed by atoms with Crippen LogP contribution in [0.3, 0.4) is 0 Å². The van der Waals surface area contributed by atoms with Crippen LogP contribution in [0.1, 0.15) is 30.3 Å². The monoisotopic (exact) mass is 292 g/mol. The maximum absolute atomic E-state index is 12.2. The molecule has 0 atom stereocenters. The van der Waals surface area contributed by atoms with Crippen LogP contribution in [0.4, 0.5) is 5.69 Å². The SMILES string of the molecule is CCCn1cc([N+](=O)[O-])cc1C(=O)NCC1=CCNCC1. The highest BCUT2D eigenvalue weighted by Crippen LogP contribution is 2.17. The summed E-state index contributed by atoms with van der Waals surface area (Å²) in [6.45, 7) is 4.78. The summed E-state index contributed by atoms with van der Waals surface area (Å²) >= 11 is 0. The maximum Gasteiger partial charge on any atom is 0.287 e. The lowest BCUT2D eigenvalue weighted by Gasteiger charge is -2.15.